The number of ether oxygens (including phenoxy) is 2. The van der Waals surface area contributed by atoms with Crippen molar-refractivity contribution < 1.29 is 23.2 Å². The molecule has 3 rings (SSSR count). The van der Waals surface area contributed by atoms with Crippen LogP contribution in [-0.4, -0.2) is 25.3 Å². The lowest BCUT2D eigenvalue weighted by Crippen LogP contribution is -2.23. The van der Waals surface area contributed by atoms with Crippen LogP contribution in [0.5, 0.6) is 11.5 Å². The van der Waals surface area contributed by atoms with Gasteiger partial charge < -0.3 is 19.3 Å². The Kier molecular flexibility index (Phi) is 5.17. The number of nitrogens with one attached hydrogen (secondary N) is 1. The van der Waals surface area contributed by atoms with Gasteiger partial charge in [0.15, 0.2) is 23.0 Å². The molecule has 0 aliphatic carbocycles. The van der Waals surface area contributed by atoms with E-state index in [4.69, 9.17) is 14.0 Å². The number of hydrogen-bond donors (Lipinski definition) is 1. The fraction of sp³-hybridized carbons (Fsp3) is 0.158. The van der Waals surface area contributed by atoms with Gasteiger partial charge in [-0.1, -0.05) is 17.3 Å². The van der Waals surface area contributed by atoms with Crippen LogP contribution in [0.4, 0.5) is 4.39 Å². The van der Waals surface area contributed by atoms with Crippen molar-refractivity contribution in [2.75, 3.05) is 14.2 Å². The van der Waals surface area contributed by atoms with Crippen molar-refractivity contribution in [3.8, 4) is 22.8 Å². The highest BCUT2D eigenvalue weighted by molar-refractivity contribution is 5.93. The number of carbonyl (C=O) groups excluding carboxylic acids is 1. The largest absolute Gasteiger partial charge is 0.493 e. The third-order valence-corrected chi connectivity index (χ3v) is 3.78. The quantitative estimate of drug-likeness (QED) is 0.732. The molecule has 6 nitrogen and oxygen atoms in total. The van der Waals surface area contributed by atoms with Crippen LogP contribution in [0.3, 0.4) is 0 Å². The second-order valence-corrected chi connectivity index (χ2v) is 5.46. The predicted molar refractivity (Wildman–Crippen MR) is 92.6 cm³/mol. The van der Waals surface area contributed by atoms with Gasteiger partial charge in [-0.05, 0) is 35.9 Å². The fourth-order valence-corrected chi connectivity index (χ4v) is 2.38. The lowest BCUT2D eigenvalue weighted by Gasteiger charge is -2.07. The molecule has 0 radical (unpaired) electrons. The zero-order valence-electron chi connectivity index (χ0n) is 14.3. The van der Waals surface area contributed by atoms with Gasteiger partial charge in [0, 0.05) is 18.2 Å². The van der Waals surface area contributed by atoms with Gasteiger partial charge in [-0.15, -0.1) is 0 Å². The van der Waals surface area contributed by atoms with Gasteiger partial charge in [0.05, 0.1) is 14.2 Å². The number of amides is 1. The van der Waals surface area contributed by atoms with E-state index in [1.165, 1.54) is 19.2 Å². The summed E-state index contributed by atoms with van der Waals surface area (Å²) in [5.41, 5.74) is 1.63. The van der Waals surface area contributed by atoms with Gasteiger partial charge in [-0.25, -0.2) is 4.39 Å². The van der Waals surface area contributed by atoms with Gasteiger partial charge in [0.2, 0.25) is 0 Å². The first-order valence-corrected chi connectivity index (χ1v) is 7.82. The van der Waals surface area contributed by atoms with Gasteiger partial charge in [0.25, 0.3) is 5.91 Å². The zero-order chi connectivity index (χ0) is 18.5. The van der Waals surface area contributed by atoms with Crippen LogP contribution in [0.15, 0.2) is 53.1 Å². The van der Waals surface area contributed by atoms with Crippen molar-refractivity contribution >= 4 is 5.91 Å². The van der Waals surface area contributed by atoms with Crippen molar-refractivity contribution in [3.63, 3.8) is 0 Å². The van der Waals surface area contributed by atoms with Crippen molar-refractivity contribution in [1.29, 1.82) is 0 Å². The maximum atomic E-state index is 12.9. The molecule has 0 aliphatic rings. The second kappa shape index (κ2) is 7.69. The van der Waals surface area contributed by atoms with E-state index < -0.39 is 0 Å². The Hall–Kier alpha value is -3.35. The Bertz CT molecular complexity index is 906. The maximum absolute atomic E-state index is 12.9. The molecule has 0 atom stereocenters. The molecule has 3 aromatic rings. The first kappa shape index (κ1) is 17.5. The Morgan fingerprint density at radius 1 is 1.08 bits per heavy atom. The molecule has 1 amide bonds. The Morgan fingerprint density at radius 2 is 1.81 bits per heavy atom. The minimum atomic E-state index is -0.384. The van der Waals surface area contributed by atoms with Crippen molar-refractivity contribution in [2.45, 2.75) is 6.54 Å². The molecule has 0 aliphatic heterocycles. The van der Waals surface area contributed by atoms with E-state index >= 15 is 0 Å². The van der Waals surface area contributed by atoms with Gasteiger partial charge in [-0.3, -0.25) is 4.79 Å². The van der Waals surface area contributed by atoms with Crippen LogP contribution in [0.1, 0.15) is 16.1 Å². The summed E-state index contributed by atoms with van der Waals surface area (Å²) >= 11 is 0. The number of aromatic nitrogens is 1. The SMILES string of the molecule is COc1ccc(-c2cc(C(=O)NCc3ccc(F)cc3)no2)cc1OC. The lowest BCUT2D eigenvalue weighted by molar-refractivity contribution is 0.0942. The Balaban J connectivity index is 1.70. The molecule has 0 bridgehead atoms. The lowest BCUT2D eigenvalue weighted by atomic mass is 10.1. The average molecular weight is 356 g/mol. The summed E-state index contributed by atoms with van der Waals surface area (Å²) in [6.45, 7) is 0.262. The van der Waals surface area contributed by atoms with E-state index in [0.717, 1.165) is 5.56 Å². The van der Waals surface area contributed by atoms with E-state index in [1.54, 1.807) is 43.5 Å². The van der Waals surface area contributed by atoms with Gasteiger partial charge in [-0.2, -0.15) is 0 Å². The standard InChI is InChI=1S/C19H17FN2O4/c1-24-16-8-5-13(9-18(16)25-2)17-10-15(22-26-17)19(23)21-11-12-3-6-14(20)7-4-12/h3-10H,11H2,1-2H3,(H,21,23). The summed E-state index contributed by atoms with van der Waals surface area (Å²) in [7, 11) is 3.09. The number of rotatable bonds is 6. The summed E-state index contributed by atoms with van der Waals surface area (Å²) in [5, 5.41) is 6.51. The summed E-state index contributed by atoms with van der Waals surface area (Å²) in [6, 6.07) is 12.7. The average Bonchev–Trinajstić information content (AvgIpc) is 3.17. The fourth-order valence-electron chi connectivity index (χ4n) is 2.38. The molecule has 134 valence electrons. The molecule has 1 aromatic heterocycles. The van der Waals surface area contributed by atoms with E-state index in [2.05, 4.69) is 10.5 Å². The first-order chi connectivity index (χ1) is 12.6. The first-order valence-electron chi connectivity index (χ1n) is 7.82. The summed E-state index contributed by atoms with van der Waals surface area (Å²) in [4.78, 5) is 12.2. The zero-order valence-corrected chi connectivity index (χ0v) is 14.3. The van der Waals surface area contributed by atoms with Crippen LogP contribution in [-0.2, 0) is 6.54 Å². The number of hydrogen-bond acceptors (Lipinski definition) is 5. The smallest absolute Gasteiger partial charge is 0.273 e. The highest BCUT2D eigenvalue weighted by Gasteiger charge is 2.15. The Labute approximate surface area is 149 Å². The molecular formula is C19H17FN2O4. The number of methoxy groups -OCH3 is 2. The van der Waals surface area contributed by atoms with Crippen molar-refractivity contribution in [2.24, 2.45) is 0 Å². The number of carbonyl (C=O) groups is 1. The predicted octanol–water partition coefficient (Wildman–Crippen LogP) is 3.43. The molecule has 1 N–H and O–H groups in total. The van der Waals surface area contributed by atoms with Gasteiger partial charge >= 0.3 is 0 Å². The molecule has 2 aromatic carbocycles. The van der Waals surface area contributed by atoms with Crippen LogP contribution in [0.2, 0.25) is 0 Å². The summed E-state index contributed by atoms with van der Waals surface area (Å²) < 4.78 is 28.6. The third-order valence-electron chi connectivity index (χ3n) is 3.78. The molecule has 0 unspecified atom stereocenters. The normalized spacial score (nSPS) is 10.4. The summed E-state index contributed by atoms with van der Waals surface area (Å²) in [6.07, 6.45) is 0. The second-order valence-electron chi connectivity index (χ2n) is 5.46. The van der Waals surface area contributed by atoms with E-state index in [9.17, 15) is 9.18 Å². The molecule has 1 heterocycles. The molecule has 0 spiro atoms. The topological polar surface area (TPSA) is 73.6 Å². The molecule has 7 heteroatoms. The van der Waals surface area contributed by atoms with E-state index in [0.29, 0.717) is 22.8 Å². The van der Waals surface area contributed by atoms with Crippen LogP contribution < -0.4 is 14.8 Å². The molecule has 0 saturated heterocycles. The maximum Gasteiger partial charge on any atom is 0.273 e. The number of halogens is 1. The van der Waals surface area contributed by atoms with Crippen LogP contribution in [0.25, 0.3) is 11.3 Å². The number of nitrogens with zero attached hydrogens (tertiary/aromatic N) is 1. The highest BCUT2D eigenvalue weighted by Crippen LogP contribution is 2.32. The minimum Gasteiger partial charge on any atom is -0.493 e. The van der Waals surface area contributed by atoms with Crippen molar-refractivity contribution in [3.05, 3.63) is 65.6 Å². The van der Waals surface area contributed by atoms with Crippen LogP contribution >= 0.6 is 0 Å². The molecule has 26 heavy (non-hydrogen) atoms. The Morgan fingerprint density at radius 3 is 2.50 bits per heavy atom. The summed E-state index contributed by atoms with van der Waals surface area (Å²) in [5.74, 6) is 0.857. The minimum absolute atomic E-state index is 0.150. The molecule has 0 fully saturated rings. The monoisotopic (exact) mass is 356 g/mol. The van der Waals surface area contributed by atoms with Gasteiger partial charge in [0.1, 0.15) is 5.82 Å². The molecule has 0 saturated carbocycles. The third kappa shape index (κ3) is 3.83. The highest BCUT2D eigenvalue weighted by atomic mass is 19.1. The van der Waals surface area contributed by atoms with Crippen LogP contribution in [0, 0.1) is 5.82 Å². The van der Waals surface area contributed by atoms with E-state index in [1.807, 2.05) is 0 Å². The van der Waals surface area contributed by atoms with Crippen molar-refractivity contribution in [1.82, 2.24) is 10.5 Å². The van der Waals surface area contributed by atoms with E-state index in [-0.39, 0.29) is 24.0 Å². The molecular weight excluding hydrogens is 339 g/mol. The number of benzene rings is 2.